The molecule has 8 nitrogen and oxygen atoms in total. The molecule has 1 aliphatic carbocycles. The van der Waals surface area contributed by atoms with Gasteiger partial charge in [-0.3, -0.25) is 4.98 Å². The Balaban J connectivity index is 1.91. The highest BCUT2D eigenvalue weighted by Gasteiger charge is 2.34. The average Bonchev–Trinajstić information content (AvgIpc) is 3.40. The predicted octanol–water partition coefficient (Wildman–Crippen LogP) is 2.61. The van der Waals surface area contributed by atoms with E-state index in [0.29, 0.717) is 16.7 Å². The maximum absolute atomic E-state index is 12.6. The van der Waals surface area contributed by atoms with Crippen molar-refractivity contribution in [1.82, 2.24) is 25.6 Å². The second kappa shape index (κ2) is 6.18. The molecule has 1 saturated carbocycles. The Labute approximate surface area is 160 Å². The van der Waals surface area contributed by atoms with Crippen LogP contribution >= 0.6 is 0 Å². The van der Waals surface area contributed by atoms with Crippen LogP contribution < -0.4 is 5.14 Å². The lowest BCUT2D eigenvalue weighted by atomic mass is 9.93. The van der Waals surface area contributed by atoms with Crippen molar-refractivity contribution in [2.75, 3.05) is 0 Å². The zero-order valence-electron chi connectivity index (χ0n) is 14.7. The summed E-state index contributed by atoms with van der Waals surface area (Å²) >= 11 is 0. The van der Waals surface area contributed by atoms with Gasteiger partial charge in [-0.05, 0) is 52.8 Å². The van der Waals surface area contributed by atoms with E-state index in [1.54, 1.807) is 6.20 Å². The van der Waals surface area contributed by atoms with E-state index in [9.17, 15) is 8.42 Å². The van der Waals surface area contributed by atoms with E-state index in [0.717, 1.165) is 29.3 Å². The number of nitrogens with zero attached hydrogens (tertiary/aromatic N) is 4. The van der Waals surface area contributed by atoms with E-state index >= 15 is 0 Å². The van der Waals surface area contributed by atoms with E-state index < -0.39 is 10.0 Å². The Kier molecular flexibility index (Phi) is 3.74. The summed E-state index contributed by atoms with van der Waals surface area (Å²) in [6, 6.07) is 13.3. The molecule has 9 heteroatoms. The molecule has 0 spiro atoms. The molecule has 1 aliphatic rings. The molecule has 5 rings (SSSR count). The minimum atomic E-state index is -4.02. The number of aromatic nitrogens is 5. The standard InChI is InChI=1S/C19H16N6O2S/c20-28(26,27)18-12(11-5-6-11)7-8-15(17(18)19-22-24-25-23-19)13-9-10-21-16-4-2-1-3-14(13)16/h1-4,7-11H,5-6H2,(H2,20,26,27)(H,22,23,24,25). The van der Waals surface area contributed by atoms with E-state index in [4.69, 9.17) is 5.14 Å². The molecule has 2 heterocycles. The minimum Gasteiger partial charge on any atom is -0.256 e. The van der Waals surface area contributed by atoms with Gasteiger partial charge in [0.15, 0.2) is 0 Å². The fraction of sp³-hybridized carbons (Fsp3) is 0.158. The van der Waals surface area contributed by atoms with E-state index in [1.807, 2.05) is 42.5 Å². The minimum absolute atomic E-state index is 0.0785. The Morgan fingerprint density at radius 3 is 2.57 bits per heavy atom. The summed E-state index contributed by atoms with van der Waals surface area (Å²) in [6.07, 6.45) is 3.57. The summed E-state index contributed by atoms with van der Waals surface area (Å²) in [5, 5.41) is 20.7. The van der Waals surface area contributed by atoms with Gasteiger partial charge in [0.1, 0.15) is 0 Å². The number of aromatic amines is 1. The lowest BCUT2D eigenvalue weighted by Crippen LogP contribution is -2.17. The van der Waals surface area contributed by atoms with Crippen molar-refractivity contribution in [3.05, 3.63) is 54.2 Å². The maximum atomic E-state index is 12.6. The number of rotatable bonds is 4. The molecule has 0 unspecified atom stereocenters. The largest absolute Gasteiger partial charge is 0.256 e. The molecular formula is C19H16N6O2S. The Morgan fingerprint density at radius 2 is 1.86 bits per heavy atom. The average molecular weight is 392 g/mol. The van der Waals surface area contributed by atoms with Gasteiger partial charge >= 0.3 is 0 Å². The van der Waals surface area contributed by atoms with Gasteiger partial charge in [-0.2, -0.15) is 5.21 Å². The summed E-state index contributed by atoms with van der Waals surface area (Å²) in [5.74, 6) is 0.379. The molecule has 3 N–H and O–H groups in total. The number of primary sulfonamides is 1. The van der Waals surface area contributed by atoms with Crippen LogP contribution in [0.2, 0.25) is 0 Å². The number of H-pyrrole nitrogens is 1. The third-order valence-electron chi connectivity index (χ3n) is 5.00. The number of tetrazole rings is 1. The van der Waals surface area contributed by atoms with Crippen LogP contribution in [0.1, 0.15) is 24.3 Å². The van der Waals surface area contributed by atoms with Gasteiger partial charge in [0.05, 0.1) is 16.0 Å². The molecule has 0 saturated heterocycles. The summed E-state index contributed by atoms with van der Waals surface area (Å²) in [5.41, 5.74) is 3.40. The Hall–Kier alpha value is -3.17. The van der Waals surface area contributed by atoms with Crippen molar-refractivity contribution in [3.8, 4) is 22.5 Å². The van der Waals surface area contributed by atoms with Crippen LogP contribution in [0.25, 0.3) is 33.4 Å². The predicted molar refractivity (Wildman–Crippen MR) is 104 cm³/mol. The van der Waals surface area contributed by atoms with E-state index in [2.05, 4.69) is 25.6 Å². The van der Waals surface area contributed by atoms with Gasteiger partial charge in [0.25, 0.3) is 0 Å². The summed E-state index contributed by atoms with van der Waals surface area (Å²) in [7, 11) is -4.02. The number of fused-ring (bicyclic) bond motifs is 1. The first-order valence-electron chi connectivity index (χ1n) is 8.81. The molecular weight excluding hydrogens is 376 g/mol. The molecule has 4 aromatic rings. The van der Waals surface area contributed by atoms with Crippen LogP contribution in [0, 0.1) is 0 Å². The van der Waals surface area contributed by atoms with Crippen LogP contribution in [-0.4, -0.2) is 34.0 Å². The number of pyridine rings is 1. The maximum Gasteiger partial charge on any atom is 0.239 e. The lowest BCUT2D eigenvalue weighted by molar-refractivity contribution is 0.597. The molecule has 2 aromatic heterocycles. The molecule has 0 aliphatic heterocycles. The fourth-order valence-electron chi connectivity index (χ4n) is 3.67. The SMILES string of the molecule is NS(=O)(=O)c1c(C2CC2)ccc(-c2ccnc3ccccc23)c1-c1nn[nH]n1. The Bertz CT molecular complexity index is 1290. The zero-order chi connectivity index (χ0) is 19.3. The Morgan fingerprint density at radius 1 is 1.04 bits per heavy atom. The van der Waals surface area contributed by atoms with Crippen molar-refractivity contribution in [1.29, 1.82) is 0 Å². The van der Waals surface area contributed by atoms with Crippen molar-refractivity contribution >= 4 is 20.9 Å². The number of sulfonamides is 1. The van der Waals surface area contributed by atoms with E-state index in [1.165, 1.54) is 0 Å². The number of nitrogens with two attached hydrogens (primary N) is 1. The quantitative estimate of drug-likeness (QED) is 0.549. The molecule has 1 fully saturated rings. The number of benzene rings is 2. The zero-order valence-corrected chi connectivity index (χ0v) is 15.5. The molecule has 28 heavy (non-hydrogen) atoms. The number of para-hydroxylation sites is 1. The van der Waals surface area contributed by atoms with Gasteiger partial charge in [0, 0.05) is 11.6 Å². The summed E-state index contributed by atoms with van der Waals surface area (Å²) in [4.78, 5) is 4.47. The molecule has 0 bridgehead atoms. The van der Waals surface area contributed by atoms with Crippen molar-refractivity contribution in [3.63, 3.8) is 0 Å². The highest BCUT2D eigenvalue weighted by atomic mass is 32.2. The third kappa shape index (κ3) is 2.76. The molecule has 0 atom stereocenters. The van der Waals surface area contributed by atoms with Crippen molar-refractivity contribution in [2.24, 2.45) is 5.14 Å². The van der Waals surface area contributed by atoms with Gasteiger partial charge in [-0.25, -0.2) is 13.6 Å². The van der Waals surface area contributed by atoms with Crippen LogP contribution in [0.3, 0.4) is 0 Å². The van der Waals surface area contributed by atoms with Crippen LogP contribution in [0.4, 0.5) is 0 Å². The first kappa shape index (κ1) is 17.0. The first-order valence-corrected chi connectivity index (χ1v) is 10.4. The monoisotopic (exact) mass is 392 g/mol. The normalized spacial score (nSPS) is 14.5. The molecule has 2 aromatic carbocycles. The van der Waals surface area contributed by atoms with Crippen molar-refractivity contribution in [2.45, 2.75) is 23.7 Å². The highest BCUT2D eigenvalue weighted by Crippen LogP contribution is 2.47. The topological polar surface area (TPSA) is 128 Å². The van der Waals surface area contributed by atoms with Gasteiger partial charge in [-0.1, -0.05) is 30.3 Å². The summed E-state index contributed by atoms with van der Waals surface area (Å²) < 4.78 is 25.3. The lowest BCUT2D eigenvalue weighted by Gasteiger charge is -2.16. The molecule has 0 radical (unpaired) electrons. The van der Waals surface area contributed by atoms with Gasteiger partial charge < -0.3 is 0 Å². The van der Waals surface area contributed by atoms with E-state index in [-0.39, 0.29) is 16.6 Å². The van der Waals surface area contributed by atoms with Gasteiger partial charge in [-0.15, -0.1) is 10.2 Å². The fourth-order valence-corrected chi connectivity index (χ4v) is 4.71. The summed E-state index contributed by atoms with van der Waals surface area (Å²) in [6.45, 7) is 0. The molecule has 0 amide bonds. The van der Waals surface area contributed by atoms with Crippen LogP contribution in [0.15, 0.2) is 53.6 Å². The second-order valence-corrected chi connectivity index (χ2v) is 8.34. The first-order chi connectivity index (χ1) is 13.5. The van der Waals surface area contributed by atoms with Gasteiger partial charge in [0.2, 0.25) is 15.8 Å². The third-order valence-corrected chi connectivity index (χ3v) is 6.01. The smallest absolute Gasteiger partial charge is 0.239 e. The highest BCUT2D eigenvalue weighted by molar-refractivity contribution is 7.89. The number of hydrogen-bond acceptors (Lipinski definition) is 6. The van der Waals surface area contributed by atoms with Crippen molar-refractivity contribution < 1.29 is 8.42 Å². The number of nitrogens with one attached hydrogen (secondary N) is 1. The second-order valence-electron chi connectivity index (χ2n) is 6.84. The van der Waals surface area contributed by atoms with Crippen LogP contribution in [0.5, 0.6) is 0 Å². The molecule has 140 valence electrons. The number of hydrogen-bond donors (Lipinski definition) is 2. The van der Waals surface area contributed by atoms with Crippen LogP contribution in [-0.2, 0) is 10.0 Å².